The minimum atomic E-state index is -1.79. The summed E-state index contributed by atoms with van der Waals surface area (Å²) < 4.78 is 4.80. The van der Waals surface area contributed by atoms with Crippen LogP contribution in [0.5, 0.6) is 11.5 Å². The summed E-state index contributed by atoms with van der Waals surface area (Å²) in [6.07, 6.45) is -1.79. The van der Waals surface area contributed by atoms with Crippen LogP contribution in [0, 0.1) is 0 Å². The Balaban J connectivity index is 2.10. The number of hydrogen-bond donors (Lipinski definition) is 4. The molecule has 0 spiro atoms. The zero-order valence-corrected chi connectivity index (χ0v) is 16.3. The highest BCUT2D eigenvalue weighted by Crippen LogP contribution is 2.55. The van der Waals surface area contributed by atoms with Gasteiger partial charge in [-0.3, -0.25) is 14.4 Å². The van der Waals surface area contributed by atoms with E-state index in [1.807, 2.05) is 0 Å². The van der Waals surface area contributed by atoms with Crippen molar-refractivity contribution in [1.29, 1.82) is 0 Å². The number of methoxy groups -OCH3 is 1. The molecule has 0 unspecified atom stereocenters. The first-order valence-electron chi connectivity index (χ1n) is 9.46. The van der Waals surface area contributed by atoms with Crippen LogP contribution in [0.25, 0.3) is 0 Å². The summed E-state index contributed by atoms with van der Waals surface area (Å²) in [5, 5.41) is 43.7. The average molecular weight is 412 g/mol. The molecular formula is C22H20O8. The number of aliphatic hydroxyl groups is 2. The van der Waals surface area contributed by atoms with E-state index in [1.54, 1.807) is 19.1 Å². The molecule has 2 aromatic carbocycles. The van der Waals surface area contributed by atoms with Crippen molar-refractivity contribution in [2.24, 2.45) is 0 Å². The maximum absolute atomic E-state index is 13.1. The predicted molar refractivity (Wildman–Crippen MR) is 103 cm³/mol. The minimum Gasteiger partial charge on any atom is -0.507 e. The van der Waals surface area contributed by atoms with E-state index in [-0.39, 0.29) is 35.1 Å². The van der Waals surface area contributed by atoms with E-state index in [1.165, 1.54) is 12.1 Å². The molecule has 30 heavy (non-hydrogen) atoms. The van der Waals surface area contributed by atoms with E-state index >= 15 is 0 Å². The Kier molecular flexibility index (Phi) is 4.44. The number of aromatic hydroxyl groups is 2. The number of carbonyl (C=O) groups excluding carboxylic acids is 3. The summed E-state index contributed by atoms with van der Waals surface area (Å²) in [7, 11) is 1.10. The van der Waals surface area contributed by atoms with Crippen LogP contribution in [0.4, 0.5) is 0 Å². The lowest BCUT2D eigenvalue weighted by Crippen LogP contribution is -2.46. The summed E-state index contributed by atoms with van der Waals surface area (Å²) in [5.74, 6) is -5.19. The van der Waals surface area contributed by atoms with Crippen LogP contribution in [0.3, 0.4) is 0 Å². The monoisotopic (exact) mass is 412 g/mol. The summed E-state index contributed by atoms with van der Waals surface area (Å²) in [6, 6.07) is 5.97. The van der Waals surface area contributed by atoms with Gasteiger partial charge in [-0.1, -0.05) is 31.2 Å². The number of phenols is 2. The highest BCUT2D eigenvalue weighted by Gasteiger charge is 2.53. The lowest BCUT2D eigenvalue weighted by molar-refractivity contribution is -0.153. The zero-order valence-electron chi connectivity index (χ0n) is 16.3. The number of fused-ring (bicyclic) bond motifs is 3. The SMILES string of the molecule is CC[C@@]1(O)C[C@H](O)c2c(O)c3c(c(O)c2[C@H]1C(=O)OC)C(=O)c1ccccc1C3=O. The van der Waals surface area contributed by atoms with Gasteiger partial charge in [0.1, 0.15) is 17.4 Å². The minimum absolute atomic E-state index is 0.0241. The third-order valence-electron chi connectivity index (χ3n) is 6.15. The van der Waals surface area contributed by atoms with Gasteiger partial charge in [-0.2, -0.15) is 0 Å². The molecule has 0 heterocycles. The molecule has 0 saturated carbocycles. The molecule has 0 bridgehead atoms. The Morgan fingerprint density at radius 3 is 2.03 bits per heavy atom. The third-order valence-corrected chi connectivity index (χ3v) is 6.15. The van der Waals surface area contributed by atoms with E-state index in [0.717, 1.165) is 7.11 Å². The van der Waals surface area contributed by atoms with Crippen LogP contribution in [-0.2, 0) is 9.53 Å². The first-order chi connectivity index (χ1) is 14.2. The molecule has 2 aliphatic carbocycles. The molecule has 4 N–H and O–H groups in total. The Hall–Kier alpha value is -3.23. The maximum atomic E-state index is 13.1. The second-order valence-corrected chi connectivity index (χ2v) is 7.61. The number of phenolic OH excluding ortho intramolecular Hbond substituents is 2. The molecule has 0 aliphatic heterocycles. The quantitative estimate of drug-likeness (QED) is 0.368. The summed E-state index contributed by atoms with van der Waals surface area (Å²) in [4.78, 5) is 38.7. The number of ether oxygens (including phenoxy) is 1. The first-order valence-corrected chi connectivity index (χ1v) is 9.46. The molecule has 0 radical (unpaired) electrons. The smallest absolute Gasteiger partial charge is 0.316 e. The van der Waals surface area contributed by atoms with Crippen molar-refractivity contribution in [1.82, 2.24) is 0 Å². The average Bonchev–Trinajstić information content (AvgIpc) is 2.73. The van der Waals surface area contributed by atoms with Crippen LogP contribution in [-0.4, -0.2) is 50.7 Å². The first kappa shape index (κ1) is 20.1. The highest BCUT2D eigenvalue weighted by atomic mass is 16.5. The molecule has 3 atom stereocenters. The fourth-order valence-corrected chi connectivity index (χ4v) is 4.61. The largest absolute Gasteiger partial charge is 0.507 e. The van der Waals surface area contributed by atoms with Crippen molar-refractivity contribution < 1.29 is 39.5 Å². The van der Waals surface area contributed by atoms with Crippen molar-refractivity contribution >= 4 is 17.5 Å². The van der Waals surface area contributed by atoms with Crippen molar-refractivity contribution in [2.45, 2.75) is 37.4 Å². The van der Waals surface area contributed by atoms with Gasteiger partial charge in [0.15, 0.2) is 11.6 Å². The van der Waals surface area contributed by atoms with Crippen molar-refractivity contribution in [3.05, 3.63) is 57.6 Å². The Bertz CT molecular complexity index is 1120. The van der Waals surface area contributed by atoms with Crippen molar-refractivity contribution in [3.8, 4) is 11.5 Å². The number of carbonyl (C=O) groups is 3. The van der Waals surface area contributed by atoms with Crippen LogP contribution >= 0.6 is 0 Å². The summed E-state index contributed by atoms with van der Waals surface area (Å²) in [6.45, 7) is 1.59. The topological polar surface area (TPSA) is 141 Å². The number of ketones is 2. The molecule has 0 aromatic heterocycles. The van der Waals surface area contributed by atoms with E-state index in [0.29, 0.717) is 0 Å². The van der Waals surface area contributed by atoms with Gasteiger partial charge in [0.2, 0.25) is 0 Å². The van der Waals surface area contributed by atoms with Gasteiger partial charge < -0.3 is 25.2 Å². The Morgan fingerprint density at radius 2 is 1.57 bits per heavy atom. The Morgan fingerprint density at radius 1 is 1.07 bits per heavy atom. The second kappa shape index (κ2) is 6.65. The summed E-state index contributed by atoms with van der Waals surface area (Å²) in [5.41, 5.74) is -3.15. The van der Waals surface area contributed by atoms with Gasteiger partial charge >= 0.3 is 5.97 Å². The number of rotatable bonds is 2. The van der Waals surface area contributed by atoms with Crippen LogP contribution in [0.1, 0.15) is 74.8 Å². The number of benzene rings is 2. The van der Waals surface area contributed by atoms with Crippen molar-refractivity contribution in [2.75, 3.05) is 7.11 Å². The molecule has 156 valence electrons. The fourth-order valence-electron chi connectivity index (χ4n) is 4.61. The van der Waals surface area contributed by atoms with Crippen molar-refractivity contribution in [3.63, 3.8) is 0 Å². The van der Waals surface area contributed by atoms with Gasteiger partial charge in [0.25, 0.3) is 0 Å². The highest BCUT2D eigenvalue weighted by molar-refractivity contribution is 6.30. The normalized spacial score (nSPS) is 24.7. The van der Waals surface area contributed by atoms with Gasteiger partial charge in [-0.05, 0) is 6.42 Å². The molecule has 2 aromatic rings. The van der Waals surface area contributed by atoms with Gasteiger partial charge in [-0.15, -0.1) is 0 Å². The van der Waals surface area contributed by atoms with Gasteiger partial charge in [0, 0.05) is 28.7 Å². The fraction of sp³-hybridized carbons (Fsp3) is 0.318. The van der Waals surface area contributed by atoms with Gasteiger partial charge in [0.05, 0.1) is 29.9 Å². The summed E-state index contributed by atoms with van der Waals surface area (Å²) >= 11 is 0. The zero-order chi connectivity index (χ0) is 22.0. The number of esters is 1. The van der Waals surface area contributed by atoms with Crippen LogP contribution in [0.15, 0.2) is 24.3 Å². The van der Waals surface area contributed by atoms with E-state index < -0.39 is 57.8 Å². The lowest BCUT2D eigenvalue weighted by Gasteiger charge is -2.42. The third kappa shape index (κ3) is 2.44. The van der Waals surface area contributed by atoms with Crippen LogP contribution in [0.2, 0.25) is 0 Å². The van der Waals surface area contributed by atoms with E-state index in [9.17, 15) is 34.8 Å². The van der Waals surface area contributed by atoms with Gasteiger partial charge in [-0.25, -0.2) is 0 Å². The number of aliphatic hydroxyl groups excluding tert-OH is 1. The predicted octanol–water partition coefficient (Wildman–Crippen LogP) is 1.71. The Labute approximate surface area is 171 Å². The number of hydrogen-bond acceptors (Lipinski definition) is 8. The molecule has 0 saturated heterocycles. The standard InChI is InChI=1S/C22H20O8/c1-3-22(29)8-11(23)12-13(16(22)21(28)30-2)20(27)15-14(19(12)26)17(24)9-6-4-5-7-10(9)18(15)25/h4-7,11,16,23,26-27,29H,3,8H2,1-2H3/t11-,16-,22+/m0/s1. The molecule has 4 rings (SSSR count). The molecule has 8 nitrogen and oxygen atoms in total. The van der Waals surface area contributed by atoms with Crippen LogP contribution < -0.4 is 0 Å². The molecule has 0 fully saturated rings. The molecule has 8 heteroatoms. The molecular weight excluding hydrogens is 392 g/mol. The molecule has 2 aliphatic rings. The van der Waals surface area contributed by atoms with E-state index in [4.69, 9.17) is 4.74 Å². The molecule has 0 amide bonds. The lowest BCUT2D eigenvalue weighted by atomic mass is 9.66. The maximum Gasteiger partial charge on any atom is 0.316 e. The van der Waals surface area contributed by atoms with E-state index in [2.05, 4.69) is 0 Å². The second-order valence-electron chi connectivity index (χ2n) is 7.61.